The number of nitrogens with zero attached hydrogens (tertiary/aromatic N) is 2. The first-order valence-corrected chi connectivity index (χ1v) is 8.01. The van der Waals surface area contributed by atoms with Crippen molar-refractivity contribution in [2.24, 2.45) is 5.41 Å². The Morgan fingerprint density at radius 2 is 2.05 bits per heavy atom. The van der Waals surface area contributed by atoms with Crippen LogP contribution in [0.5, 0.6) is 0 Å². The molecule has 118 valence electrons. The lowest BCUT2D eigenvalue weighted by atomic mass is 9.75. The molecule has 0 atom stereocenters. The summed E-state index contributed by atoms with van der Waals surface area (Å²) in [5.41, 5.74) is 1.41. The van der Waals surface area contributed by atoms with E-state index in [4.69, 9.17) is 0 Å². The van der Waals surface area contributed by atoms with E-state index in [1.165, 1.54) is 31.9 Å². The van der Waals surface area contributed by atoms with Crippen molar-refractivity contribution in [1.82, 2.24) is 10.3 Å². The molecule has 4 heteroatoms. The van der Waals surface area contributed by atoms with Gasteiger partial charge in [-0.2, -0.15) is 0 Å². The molecule has 1 N–H and O–H groups in total. The predicted molar refractivity (Wildman–Crippen MR) is 86.0 cm³/mol. The van der Waals surface area contributed by atoms with E-state index in [1.807, 2.05) is 0 Å². The van der Waals surface area contributed by atoms with E-state index in [2.05, 4.69) is 43.0 Å². The minimum Gasteiger partial charge on any atom is -0.356 e. The van der Waals surface area contributed by atoms with Gasteiger partial charge in [-0.05, 0) is 43.7 Å². The van der Waals surface area contributed by atoms with Crippen LogP contribution in [0.1, 0.15) is 52.0 Å². The summed E-state index contributed by atoms with van der Waals surface area (Å²) in [5.74, 6) is 0.659. The van der Waals surface area contributed by atoms with E-state index in [0.717, 1.165) is 17.9 Å². The lowest BCUT2D eigenvalue weighted by Gasteiger charge is -2.39. The lowest BCUT2D eigenvalue weighted by Crippen LogP contribution is -2.38. The lowest BCUT2D eigenvalue weighted by molar-refractivity contribution is 0.222. The highest BCUT2D eigenvalue weighted by Crippen LogP contribution is 2.37. The summed E-state index contributed by atoms with van der Waals surface area (Å²) in [4.78, 5) is 6.60. The molecule has 1 fully saturated rings. The molecule has 1 heterocycles. The Bertz CT molecular complexity index is 463. The first kappa shape index (κ1) is 16.2. The van der Waals surface area contributed by atoms with Crippen molar-refractivity contribution in [3.63, 3.8) is 0 Å². The smallest absolute Gasteiger partial charge is 0.141 e. The largest absolute Gasteiger partial charge is 0.356 e. The van der Waals surface area contributed by atoms with Gasteiger partial charge in [-0.3, -0.25) is 0 Å². The van der Waals surface area contributed by atoms with Crippen molar-refractivity contribution < 1.29 is 4.39 Å². The molecule has 1 aliphatic rings. The van der Waals surface area contributed by atoms with Crippen LogP contribution in [-0.4, -0.2) is 24.6 Å². The van der Waals surface area contributed by atoms with E-state index in [9.17, 15) is 4.39 Å². The fourth-order valence-electron chi connectivity index (χ4n) is 3.13. The molecule has 0 radical (unpaired) electrons. The molecule has 1 aromatic rings. The summed E-state index contributed by atoms with van der Waals surface area (Å²) >= 11 is 0. The normalized spacial score (nSPS) is 18.7. The zero-order valence-corrected chi connectivity index (χ0v) is 13.7. The molecular weight excluding hydrogens is 265 g/mol. The van der Waals surface area contributed by atoms with Crippen LogP contribution in [0.25, 0.3) is 0 Å². The van der Waals surface area contributed by atoms with Gasteiger partial charge in [0.1, 0.15) is 11.6 Å². The summed E-state index contributed by atoms with van der Waals surface area (Å²) in [5, 5.41) is 3.27. The Kier molecular flexibility index (Phi) is 5.20. The third kappa shape index (κ3) is 4.16. The molecule has 0 amide bonds. The van der Waals surface area contributed by atoms with Gasteiger partial charge < -0.3 is 10.2 Å². The number of hydrogen-bond donors (Lipinski definition) is 1. The number of halogens is 1. The van der Waals surface area contributed by atoms with Gasteiger partial charge in [0.15, 0.2) is 0 Å². The fourth-order valence-corrected chi connectivity index (χ4v) is 3.13. The average molecular weight is 293 g/mol. The first-order valence-electron chi connectivity index (χ1n) is 8.01. The number of hydrogen-bond acceptors (Lipinski definition) is 3. The molecule has 1 aromatic heterocycles. The van der Waals surface area contributed by atoms with Gasteiger partial charge in [0.05, 0.1) is 6.20 Å². The van der Waals surface area contributed by atoms with E-state index in [0.29, 0.717) is 18.0 Å². The maximum Gasteiger partial charge on any atom is 0.141 e. The van der Waals surface area contributed by atoms with Crippen molar-refractivity contribution in [2.45, 2.75) is 59.0 Å². The molecule has 0 bridgehead atoms. The van der Waals surface area contributed by atoms with Crippen molar-refractivity contribution in [1.29, 1.82) is 0 Å². The van der Waals surface area contributed by atoms with Gasteiger partial charge in [0.25, 0.3) is 0 Å². The monoisotopic (exact) mass is 293 g/mol. The number of rotatable bonds is 5. The molecule has 0 saturated heterocycles. The summed E-state index contributed by atoms with van der Waals surface area (Å²) < 4.78 is 13.5. The van der Waals surface area contributed by atoms with Crippen LogP contribution in [0, 0.1) is 11.2 Å². The molecule has 21 heavy (non-hydrogen) atoms. The number of nitrogens with one attached hydrogen (secondary N) is 1. The molecule has 2 rings (SSSR count). The zero-order valence-electron chi connectivity index (χ0n) is 13.7. The fraction of sp³-hybridized carbons (Fsp3) is 0.706. The summed E-state index contributed by atoms with van der Waals surface area (Å²) in [6, 6.07) is 2.12. The van der Waals surface area contributed by atoms with Gasteiger partial charge in [0.2, 0.25) is 0 Å². The highest BCUT2D eigenvalue weighted by molar-refractivity contribution is 5.47. The van der Waals surface area contributed by atoms with Gasteiger partial charge in [-0.1, -0.05) is 20.8 Å². The first-order chi connectivity index (χ1) is 9.93. The van der Waals surface area contributed by atoms with Crippen LogP contribution in [0.3, 0.4) is 0 Å². The van der Waals surface area contributed by atoms with E-state index in [1.54, 1.807) is 6.07 Å². The Morgan fingerprint density at radius 3 is 2.67 bits per heavy atom. The maximum atomic E-state index is 13.5. The van der Waals surface area contributed by atoms with Crippen LogP contribution < -0.4 is 10.2 Å². The van der Waals surface area contributed by atoms with E-state index < -0.39 is 0 Å². The SMILES string of the molecule is CCNCc1cc(F)cnc1N(C)C1CCC(C)(C)CC1. The molecular formula is C17H28FN3. The second-order valence-electron chi connectivity index (χ2n) is 6.92. The second kappa shape index (κ2) is 6.73. The highest BCUT2D eigenvalue weighted by Gasteiger charge is 2.29. The topological polar surface area (TPSA) is 28.2 Å². The Labute approximate surface area is 127 Å². The molecule has 0 aromatic carbocycles. The van der Waals surface area contributed by atoms with E-state index in [-0.39, 0.29) is 5.82 Å². The van der Waals surface area contributed by atoms with Crippen LogP contribution >= 0.6 is 0 Å². The maximum absolute atomic E-state index is 13.5. The van der Waals surface area contributed by atoms with Crippen molar-refractivity contribution in [2.75, 3.05) is 18.5 Å². The summed E-state index contributed by atoms with van der Waals surface area (Å²) in [7, 11) is 2.10. The standard InChI is InChI=1S/C17H28FN3/c1-5-19-11-13-10-14(18)12-20-16(13)21(4)15-6-8-17(2,3)9-7-15/h10,12,15,19H,5-9,11H2,1-4H3. The predicted octanol–water partition coefficient (Wildman–Crippen LogP) is 3.74. The molecule has 1 saturated carbocycles. The Morgan fingerprint density at radius 1 is 1.38 bits per heavy atom. The van der Waals surface area contributed by atoms with Crippen molar-refractivity contribution >= 4 is 5.82 Å². The van der Waals surface area contributed by atoms with E-state index >= 15 is 0 Å². The molecule has 1 aliphatic carbocycles. The third-order valence-corrected chi connectivity index (χ3v) is 4.67. The third-order valence-electron chi connectivity index (χ3n) is 4.67. The van der Waals surface area contributed by atoms with Gasteiger partial charge >= 0.3 is 0 Å². The molecule has 0 unspecified atom stereocenters. The number of aromatic nitrogens is 1. The van der Waals surface area contributed by atoms with Gasteiger partial charge in [0, 0.05) is 25.2 Å². The minimum atomic E-state index is -0.259. The van der Waals surface area contributed by atoms with Crippen molar-refractivity contribution in [3.8, 4) is 0 Å². The summed E-state index contributed by atoms with van der Waals surface area (Å²) in [6.45, 7) is 8.28. The minimum absolute atomic E-state index is 0.259. The average Bonchev–Trinajstić information content (AvgIpc) is 2.44. The zero-order chi connectivity index (χ0) is 15.5. The number of pyridine rings is 1. The Balaban J connectivity index is 2.13. The Hall–Kier alpha value is -1.16. The highest BCUT2D eigenvalue weighted by atomic mass is 19.1. The molecule has 3 nitrogen and oxygen atoms in total. The second-order valence-corrected chi connectivity index (χ2v) is 6.92. The van der Waals surface area contributed by atoms with Gasteiger partial charge in [-0.25, -0.2) is 9.37 Å². The van der Waals surface area contributed by atoms with Crippen LogP contribution in [-0.2, 0) is 6.54 Å². The van der Waals surface area contributed by atoms with Gasteiger partial charge in [-0.15, -0.1) is 0 Å². The number of anilines is 1. The molecule has 0 spiro atoms. The summed E-state index contributed by atoms with van der Waals surface area (Å²) in [6.07, 6.45) is 6.18. The van der Waals surface area contributed by atoms with Crippen molar-refractivity contribution in [3.05, 3.63) is 23.6 Å². The molecule has 0 aliphatic heterocycles. The van der Waals surface area contributed by atoms with Crippen LogP contribution in [0.2, 0.25) is 0 Å². The van der Waals surface area contributed by atoms with Crippen LogP contribution in [0.4, 0.5) is 10.2 Å². The van der Waals surface area contributed by atoms with Crippen LogP contribution in [0.15, 0.2) is 12.3 Å². The quantitative estimate of drug-likeness (QED) is 0.896.